The third-order valence-electron chi connectivity index (χ3n) is 0.391. The van der Waals surface area contributed by atoms with E-state index in [0.717, 1.165) is 0 Å². The van der Waals surface area contributed by atoms with E-state index >= 15 is 0 Å². The summed E-state index contributed by atoms with van der Waals surface area (Å²) in [6.07, 6.45) is 0. The molecule has 0 aromatic heterocycles. The topological polar surface area (TPSA) is 0 Å². The van der Waals surface area contributed by atoms with E-state index in [1.807, 2.05) is 0 Å². The molecule has 0 aromatic carbocycles. The fourth-order valence-electron chi connectivity index (χ4n) is 0.0357. The van der Waals surface area contributed by atoms with Crippen molar-refractivity contribution in [2.45, 2.75) is 0 Å². The van der Waals surface area contributed by atoms with Crippen molar-refractivity contribution in [3.05, 3.63) is 0 Å². The molecule has 0 aliphatic carbocycles. The van der Waals surface area contributed by atoms with Gasteiger partial charge in [-0.15, -0.1) is 0 Å². The molecular weight excluding hydrogens is 238 g/mol. The van der Waals surface area contributed by atoms with Crippen molar-refractivity contribution in [3.8, 4) is 0 Å². The van der Waals surface area contributed by atoms with E-state index in [4.69, 9.17) is 43.2 Å². The summed E-state index contributed by atoms with van der Waals surface area (Å²) in [6, 6.07) is 0. The van der Waals surface area contributed by atoms with Gasteiger partial charge in [0.25, 0.3) is 0 Å². The van der Waals surface area contributed by atoms with Gasteiger partial charge in [-0.25, -0.2) is 0 Å². The number of halogens is 4. The van der Waals surface area contributed by atoms with E-state index < -0.39 is 11.4 Å². The van der Waals surface area contributed by atoms with E-state index in [1.54, 1.807) is 0 Å². The number of hydrogen-bond acceptors (Lipinski definition) is 0. The molecule has 0 fully saturated rings. The van der Waals surface area contributed by atoms with Crippen molar-refractivity contribution in [1.29, 1.82) is 0 Å². The first-order chi connectivity index (χ1) is 3.12. The summed E-state index contributed by atoms with van der Waals surface area (Å²) in [5.74, 6) is 0. The van der Waals surface area contributed by atoms with Crippen LogP contribution in [-0.4, -0.2) is 20.8 Å². The molecule has 0 unspecified atom stereocenters. The maximum atomic E-state index is 5.59. The summed E-state index contributed by atoms with van der Waals surface area (Å²) in [6.45, 7) is 0. The van der Waals surface area contributed by atoms with Crippen LogP contribution in [0.1, 0.15) is 0 Å². The molecule has 0 aromatic rings. The standard InChI is InChI=1S/C2H4Cl4Ge/c3-1-7(5,6)2-4/h1-2H2. The average molecular weight is 242 g/mol. The molecule has 0 nitrogen and oxygen atoms in total. The van der Waals surface area contributed by atoms with Crippen LogP contribution in [0.4, 0.5) is 0 Å². The number of rotatable bonds is 2. The third-order valence-corrected chi connectivity index (χ3v) is 12.4. The molecule has 5 heteroatoms. The Morgan fingerprint density at radius 2 is 1.29 bits per heavy atom. The minimum atomic E-state index is -2.61. The predicted octanol–water partition coefficient (Wildman–Crippen LogP) is 2.46. The first kappa shape index (κ1) is 8.70. The van der Waals surface area contributed by atoms with E-state index in [0.29, 0.717) is 9.42 Å². The first-order valence-electron chi connectivity index (χ1n) is 1.62. The van der Waals surface area contributed by atoms with Crippen molar-refractivity contribution in [2.75, 3.05) is 9.42 Å². The molecule has 0 saturated carbocycles. The molecule has 0 radical (unpaired) electrons. The fraction of sp³-hybridized carbons (Fsp3) is 1.00. The molecule has 0 spiro atoms. The maximum absolute atomic E-state index is 5.59. The molecule has 0 atom stereocenters. The molecule has 0 N–H and O–H groups in total. The molecule has 44 valence electrons. The van der Waals surface area contributed by atoms with Gasteiger partial charge in [0.1, 0.15) is 0 Å². The van der Waals surface area contributed by atoms with Crippen LogP contribution in [-0.2, 0) is 0 Å². The molecule has 0 saturated heterocycles. The fourth-order valence-corrected chi connectivity index (χ4v) is 1.67. The average Bonchev–Trinajstić information content (AvgIpc) is 1.68. The van der Waals surface area contributed by atoms with Crippen LogP contribution >= 0.6 is 43.2 Å². The van der Waals surface area contributed by atoms with Gasteiger partial charge in [0, 0.05) is 0 Å². The molecule has 0 amide bonds. The Bertz CT molecular complexity index is 47.7. The van der Waals surface area contributed by atoms with Crippen molar-refractivity contribution in [1.82, 2.24) is 0 Å². The van der Waals surface area contributed by atoms with Crippen molar-refractivity contribution < 1.29 is 0 Å². The Morgan fingerprint density at radius 3 is 1.29 bits per heavy atom. The van der Waals surface area contributed by atoms with Crippen LogP contribution in [0.25, 0.3) is 0 Å². The van der Waals surface area contributed by atoms with Gasteiger partial charge in [-0.2, -0.15) is 0 Å². The van der Waals surface area contributed by atoms with Crippen LogP contribution in [0.3, 0.4) is 0 Å². The summed E-state index contributed by atoms with van der Waals surface area (Å²) < 4.78 is 0.708. The molecule has 0 aliphatic rings. The van der Waals surface area contributed by atoms with Crippen LogP contribution in [0.2, 0.25) is 0 Å². The number of alkyl halides is 2. The zero-order chi connectivity index (χ0) is 5.91. The van der Waals surface area contributed by atoms with E-state index in [9.17, 15) is 0 Å². The van der Waals surface area contributed by atoms with Crippen molar-refractivity contribution >= 4 is 54.6 Å². The summed E-state index contributed by atoms with van der Waals surface area (Å²) in [5, 5.41) is 0. The van der Waals surface area contributed by atoms with E-state index in [1.165, 1.54) is 0 Å². The Balaban J connectivity index is 3.36. The van der Waals surface area contributed by atoms with Crippen LogP contribution < -0.4 is 0 Å². The molecule has 0 rings (SSSR count). The summed E-state index contributed by atoms with van der Waals surface area (Å²) in [4.78, 5) is 0. The van der Waals surface area contributed by atoms with Crippen LogP contribution in [0, 0.1) is 0 Å². The van der Waals surface area contributed by atoms with E-state index in [-0.39, 0.29) is 0 Å². The first-order valence-corrected chi connectivity index (χ1v) is 11.2. The Labute approximate surface area is 63.8 Å². The second kappa shape index (κ2) is 3.68. The van der Waals surface area contributed by atoms with Gasteiger partial charge >= 0.3 is 64.1 Å². The molecule has 0 aliphatic heterocycles. The van der Waals surface area contributed by atoms with Crippen LogP contribution in [0.15, 0.2) is 0 Å². The van der Waals surface area contributed by atoms with Gasteiger partial charge in [-0.05, 0) is 0 Å². The SMILES string of the molecule is Cl[CH2][Ge]([Cl])([Cl])[CH2]Cl. The molecule has 0 heterocycles. The third kappa shape index (κ3) is 4.22. The second-order valence-corrected chi connectivity index (χ2v) is 17.1. The van der Waals surface area contributed by atoms with Crippen molar-refractivity contribution in [2.24, 2.45) is 0 Å². The van der Waals surface area contributed by atoms with Gasteiger partial charge in [0.05, 0.1) is 0 Å². The van der Waals surface area contributed by atoms with Crippen LogP contribution in [0.5, 0.6) is 0 Å². The van der Waals surface area contributed by atoms with Gasteiger partial charge < -0.3 is 0 Å². The Morgan fingerprint density at radius 1 is 1.00 bits per heavy atom. The zero-order valence-electron chi connectivity index (χ0n) is 3.43. The summed E-state index contributed by atoms with van der Waals surface area (Å²) in [7, 11) is 11.2. The normalized spacial score (nSPS) is 12.0. The zero-order valence-corrected chi connectivity index (χ0v) is 8.55. The monoisotopic (exact) mass is 242 g/mol. The van der Waals surface area contributed by atoms with Crippen molar-refractivity contribution in [3.63, 3.8) is 0 Å². The molecule has 0 bridgehead atoms. The quantitative estimate of drug-likeness (QED) is 0.515. The van der Waals surface area contributed by atoms with Gasteiger partial charge in [-0.3, -0.25) is 0 Å². The Hall–Kier alpha value is 1.70. The van der Waals surface area contributed by atoms with E-state index in [2.05, 4.69) is 0 Å². The van der Waals surface area contributed by atoms with Gasteiger partial charge in [-0.1, -0.05) is 0 Å². The number of hydrogen-bond donors (Lipinski definition) is 0. The molecule has 7 heavy (non-hydrogen) atoms. The minimum absolute atomic E-state index is 0.354. The second-order valence-electron chi connectivity index (χ2n) is 1.12. The van der Waals surface area contributed by atoms with Gasteiger partial charge in [0.2, 0.25) is 0 Å². The molecular formula is C2H4Cl4Ge. The van der Waals surface area contributed by atoms with Gasteiger partial charge in [0.15, 0.2) is 0 Å². The summed E-state index contributed by atoms with van der Waals surface area (Å²) in [5.41, 5.74) is 0. The Kier molecular flexibility index (Phi) is 4.57. The summed E-state index contributed by atoms with van der Waals surface area (Å²) >= 11 is 8.05. The predicted molar refractivity (Wildman–Crippen MR) is 38.9 cm³/mol.